The number of nitrogens with zero attached hydrogens (tertiary/aromatic N) is 5. The number of benzene rings is 1. The summed E-state index contributed by atoms with van der Waals surface area (Å²) in [5.41, 5.74) is 4.13. The highest BCUT2D eigenvalue weighted by Gasteiger charge is 2.30. The van der Waals surface area contributed by atoms with E-state index in [0.717, 1.165) is 70.2 Å². The molecule has 4 rings (SSSR count). The van der Waals surface area contributed by atoms with Crippen molar-refractivity contribution >= 4 is 11.8 Å². The molecule has 0 radical (unpaired) electrons. The maximum Gasteiger partial charge on any atom is 0.274 e. The second-order valence-corrected chi connectivity index (χ2v) is 9.25. The number of carbonyl (C=O) groups excluding carboxylic acids is 2. The van der Waals surface area contributed by atoms with E-state index < -0.39 is 0 Å². The Bertz CT molecular complexity index is 965. The third-order valence-corrected chi connectivity index (χ3v) is 6.99. The lowest BCUT2D eigenvalue weighted by Gasteiger charge is -2.35. The van der Waals surface area contributed by atoms with Gasteiger partial charge in [0, 0.05) is 64.5 Å². The molecular weight excluding hydrogens is 402 g/mol. The number of hydrogen-bond donors (Lipinski definition) is 0. The van der Waals surface area contributed by atoms with Gasteiger partial charge < -0.3 is 14.4 Å². The Morgan fingerprint density at radius 3 is 2.12 bits per heavy atom. The number of aromatic nitrogens is 2. The Labute approximate surface area is 191 Å². The van der Waals surface area contributed by atoms with Crippen molar-refractivity contribution in [3.8, 4) is 0 Å². The van der Waals surface area contributed by atoms with Crippen LogP contribution in [0.5, 0.6) is 0 Å². The second-order valence-electron chi connectivity index (χ2n) is 9.25. The van der Waals surface area contributed by atoms with E-state index in [1.165, 1.54) is 11.1 Å². The topological polar surface area (TPSA) is 61.7 Å². The van der Waals surface area contributed by atoms with Gasteiger partial charge in [-0.1, -0.05) is 29.8 Å². The van der Waals surface area contributed by atoms with Crippen LogP contribution in [0.25, 0.3) is 0 Å². The fourth-order valence-corrected chi connectivity index (χ4v) is 5.04. The summed E-state index contributed by atoms with van der Waals surface area (Å²) >= 11 is 0. The lowest BCUT2D eigenvalue weighted by Crippen LogP contribution is -2.48. The van der Waals surface area contributed by atoms with E-state index in [9.17, 15) is 9.59 Å². The first kappa shape index (κ1) is 22.5. The fourth-order valence-electron chi connectivity index (χ4n) is 5.04. The number of aryl methyl sites for hydroxylation is 2. The smallest absolute Gasteiger partial charge is 0.274 e. The molecule has 2 aliphatic heterocycles. The number of piperazine rings is 1. The van der Waals surface area contributed by atoms with Crippen LogP contribution in [-0.4, -0.2) is 75.3 Å². The highest BCUT2D eigenvalue weighted by molar-refractivity contribution is 5.93. The number of amides is 2. The Hall–Kier alpha value is -2.67. The number of imidazole rings is 1. The molecule has 2 saturated heterocycles. The highest BCUT2D eigenvalue weighted by Crippen LogP contribution is 2.27. The average molecular weight is 438 g/mol. The normalized spacial score (nSPS) is 18.2. The molecule has 3 heterocycles. The van der Waals surface area contributed by atoms with Crippen molar-refractivity contribution in [2.24, 2.45) is 0 Å². The van der Waals surface area contributed by atoms with Gasteiger partial charge in [-0.15, -0.1) is 0 Å². The molecule has 0 atom stereocenters. The molecule has 1 aromatic carbocycles. The molecule has 1 aromatic heterocycles. The molecule has 0 spiro atoms. The molecule has 2 fully saturated rings. The van der Waals surface area contributed by atoms with E-state index in [4.69, 9.17) is 0 Å². The Morgan fingerprint density at radius 1 is 0.906 bits per heavy atom. The number of rotatable bonds is 4. The number of carbonyl (C=O) groups is 2. The zero-order valence-corrected chi connectivity index (χ0v) is 19.8. The minimum absolute atomic E-state index is 0.0421. The van der Waals surface area contributed by atoms with E-state index >= 15 is 0 Å². The zero-order chi connectivity index (χ0) is 22.8. The number of hydrogen-bond acceptors (Lipinski definition) is 4. The second kappa shape index (κ2) is 9.45. The fraction of sp³-hybridized carbons (Fsp3) is 0.560. The van der Waals surface area contributed by atoms with Gasteiger partial charge in [0.25, 0.3) is 5.91 Å². The summed E-state index contributed by atoms with van der Waals surface area (Å²) in [6, 6.07) is 8.98. The third-order valence-electron chi connectivity index (χ3n) is 6.99. The predicted molar refractivity (Wildman–Crippen MR) is 125 cm³/mol. The number of likely N-dealkylation sites (tertiary alicyclic amines) is 1. The maximum atomic E-state index is 13.3. The van der Waals surface area contributed by atoms with Crippen LogP contribution in [0.2, 0.25) is 0 Å². The van der Waals surface area contributed by atoms with Gasteiger partial charge in [0.1, 0.15) is 11.5 Å². The van der Waals surface area contributed by atoms with Crippen molar-refractivity contribution in [2.75, 3.05) is 39.3 Å². The molecular formula is C25H35N5O2. The molecule has 7 heteroatoms. The number of piperidine rings is 1. The van der Waals surface area contributed by atoms with Crippen molar-refractivity contribution < 1.29 is 9.59 Å². The van der Waals surface area contributed by atoms with Gasteiger partial charge in [0.05, 0.1) is 0 Å². The Balaban J connectivity index is 1.37. The van der Waals surface area contributed by atoms with Crippen molar-refractivity contribution in [2.45, 2.75) is 53.1 Å². The molecule has 0 saturated carbocycles. The summed E-state index contributed by atoms with van der Waals surface area (Å²) in [6.45, 7) is 13.4. The molecule has 0 unspecified atom stereocenters. The van der Waals surface area contributed by atoms with Crippen LogP contribution in [0.3, 0.4) is 0 Å². The van der Waals surface area contributed by atoms with E-state index in [2.05, 4.69) is 45.6 Å². The zero-order valence-electron chi connectivity index (χ0n) is 19.8. The molecule has 0 bridgehead atoms. The van der Waals surface area contributed by atoms with Gasteiger partial charge in [-0.2, -0.15) is 0 Å². The molecule has 172 valence electrons. The minimum atomic E-state index is 0.0421. The Kier molecular flexibility index (Phi) is 6.65. The summed E-state index contributed by atoms with van der Waals surface area (Å²) in [7, 11) is 0. The van der Waals surface area contributed by atoms with Crippen LogP contribution in [-0.2, 0) is 11.3 Å². The first-order chi connectivity index (χ1) is 15.3. The van der Waals surface area contributed by atoms with E-state index in [-0.39, 0.29) is 11.8 Å². The lowest BCUT2D eigenvalue weighted by atomic mass is 10.0. The summed E-state index contributed by atoms with van der Waals surface area (Å²) in [6.07, 6.45) is 1.81. The van der Waals surface area contributed by atoms with E-state index in [0.29, 0.717) is 11.7 Å². The van der Waals surface area contributed by atoms with Gasteiger partial charge in [-0.3, -0.25) is 14.5 Å². The first-order valence-electron chi connectivity index (χ1n) is 11.7. The summed E-state index contributed by atoms with van der Waals surface area (Å²) < 4.78 is 2.22. The maximum absolute atomic E-state index is 13.3. The summed E-state index contributed by atoms with van der Waals surface area (Å²) in [5.74, 6) is 1.07. The molecule has 0 N–H and O–H groups in total. The monoisotopic (exact) mass is 437 g/mol. The van der Waals surface area contributed by atoms with Crippen molar-refractivity contribution in [3.05, 3.63) is 52.6 Å². The van der Waals surface area contributed by atoms with Gasteiger partial charge in [-0.05, 0) is 39.2 Å². The SMILES string of the molecule is CC(=O)N1CCC(n2c(C)nc(C(=O)N3CCN(Cc4ccc(C)cc4)CC3)c2C)CC1. The molecule has 2 aliphatic rings. The van der Waals surface area contributed by atoms with Crippen molar-refractivity contribution in [3.63, 3.8) is 0 Å². The molecule has 2 aromatic rings. The van der Waals surface area contributed by atoms with Gasteiger partial charge in [0.15, 0.2) is 0 Å². The van der Waals surface area contributed by atoms with Gasteiger partial charge in [-0.25, -0.2) is 4.98 Å². The van der Waals surface area contributed by atoms with Crippen LogP contribution in [0, 0.1) is 20.8 Å². The molecule has 2 amide bonds. The minimum Gasteiger partial charge on any atom is -0.343 e. The molecule has 32 heavy (non-hydrogen) atoms. The Morgan fingerprint density at radius 2 is 1.53 bits per heavy atom. The standard InChI is InChI=1S/C25H35N5O2/c1-18-5-7-22(8-6-18)17-27-13-15-29(16-14-27)25(32)24-19(2)30(20(3)26-24)23-9-11-28(12-10-23)21(4)31/h5-8,23H,9-17H2,1-4H3. The highest BCUT2D eigenvalue weighted by atomic mass is 16.2. The van der Waals surface area contributed by atoms with Gasteiger partial charge in [0.2, 0.25) is 5.91 Å². The molecule has 0 aliphatic carbocycles. The van der Waals surface area contributed by atoms with Crippen LogP contribution in [0.15, 0.2) is 24.3 Å². The van der Waals surface area contributed by atoms with E-state index in [1.54, 1.807) is 6.92 Å². The summed E-state index contributed by atoms with van der Waals surface area (Å²) in [4.78, 5) is 35.9. The van der Waals surface area contributed by atoms with Gasteiger partial charge >= 0.3 is 0 Å². The average Bonchev–Trinajstić information content (AvgIpc) is 3.09. The van der Waals surface area contributed by atoms with Crippen LogP contribution >= 0.6 is 0 Å². The third kappa shape index (κ3) is 4.72. The largest absolute Gasteiger partial charge is 0.343 e. The van der Waals surface area contributed by atoms with Crippen LogP contribution in [0.4, 0.5) is 0 Å². The first-order valence-corrected chi connectivity index (χ1v) is 11.7. The van der Waals surface area contributed by atoms with Crippen molar-refractivity contribution in [1.29, 1.82) is 0 Å². The van der Waals surface area contributed by atoms with Crippen LogP contribution in [0.1, 0.15) is 58.9 Å². The predicted octanol–water partition coefficient (Wildman–Crippen LogP) is 2.95. The van der Waals surface area contributed by atoms with Crippen molar-refractivity contribution in [1.82, 2.24) is 24.3 Å². The van der Waals surface area contributed by atoms with Crippen LogP contribution < -0.4 is 0 Å². The lowest BCUT2D eigenvalue weighted by molar-refractivity contribution is -0.130. The van der Waals surface area contributed by atoms with E-state index in [1.807, 2.05) is 23.6 Å². The quantitative estimate of drug-likeness (QED) is 0.738. The summed E-state index contributed by atoms with van der Waals surface area (Å²) in [5, 5.41) is 0. The molecule has 7 nitrogen and oxygen atoms in total.